The molecular formula is C32H23N3O2. The first-order valence-electron chi connectivity index (χ1n) is 12.4. The molecule has 0 aliphatic heterocycles. The molecule has 1 aliphatic carbocycles. The Balaban J connectivity index is 1.28. The van der Waals surface area contributed by atoms with Gasteiger partial charge < -0.3 is 13.7 Å². The number of anilines is 2. The van der Waals surface area contributed by atoms with E-state index in [0.717, 1.165) is 63.2 Å². The lowest BCUT2D eigenvalue weighted by molar-refractivity contribution is 0.619. The molecule has 2 aromatic heterocycles. The van der Waals surface area contributed by atoms with Crippen molar-refractivity contribution < 1.29 is 8.83 Å². The van der Waals surface area contributed by atoms with Crippen LogP contribution in [0.15, 0.2) is 130 Å². The van der Waals surface area contributed by atoms with Crippen molar-refractivity contribution >= 4 is 33.6 Å². The second-order valence-corrected chi connectivity index (χ2v) is 9.01. The number of nitrogens with zero attached hydrogens (tertiary/aromatic N) is 3. The molecule has 5 nitrogen and oxygen atoms in total. The summed E-state index contributed by atoms with van der Waals surface area (Å²) in [4.78, 5) is 11.6. The standard InChI is InChI=1S/C32H23N3O2/c1-3-9-22(10-4-1)31-34-28-20-19-26(21-30(28)37-31)35(24-11-5-2-6-12-24)25-17-15-23(16-18-25)32-33-27-13-7-8-14-29(27)36-32/h1,3-5,7-21H,2,6H2. The van der Waals surface area contributed by atoms with Crippen LogP contribution in [0.4, 0.5) is 11.4 Å². The smallest absolute Gasteiger partial charge is 0.227 e. The van der Waals surface area contributed by atoms with E-state index in [2.05, 4.69) is 64.5 Å². The highest BCUT2D eigenvalue weighted by atomic mass is 16.4. The van der Waals surface area contributed by atoms with Crippen LogP contribution in [-0.4, -0.2) is 9.97 Å². The van der Waals surface area contributed by atoms with Gasteiger partial charge in [-0.1, -0.05) is 42.5 Å². The SMILES string of the molecule is C1=CC(N(c2ccc(-c3nc4ccccc4o3)cc2)c2ccc3nc(-c4ccccc4)oc3c2)=CCC1. The van der Waals surface area contributed by atoms with Crippen molar-refractivity contribution in [2.75, 3.05) is 4.90 Å². The fourth-order valence-corrected chi connectivity index (χ4v) is 4.72. The van der Waals surface area contributed by atoms with E-state index in [0.29, 0.717) is 11.8 Å². The molecule has 0 unspecified atom stereocenters. The first kappa shape index (κ1) is 21.4. The molecule has 0 atom stereocenters. The van der Waals surface area contributed by atoms with Crippen LogP contribution in [0.5, 0.6) is 0 Å². The molecule has 5 heteroatoms. The first-order valence-corrected chi connectivity index (χ1v) is 12.4. The maximum absolute atomic E-state index is 6.18. The highest BCUT2D eigenvalue weighted by Gasteiger charge is 2.18. The van der Waals surface area contributed by atoms with Gasteiger partial charge in [0.1, 0.15) is 11.0 Å². The third-order valence-corrected chi connectivity index (χ3v) is 6.55. The van der Waals surface area contributed by atoms with E-state index in [1.165, 1.54) is 0 Å². The van der Waals surface area contributed by atoms with Crippen LogP contribution in [0.1, 0.15) is 12.8 Å². The highest BCUT2D eigenvalue weighted by molar-refractivity contribution is 5.84. The molecule has 0 spiro atoms. The number of para-hydroxylation sites is 2. The minimum atomic E-state index is 0.618. The predicted octanol–water partition coefficient (Wildman–Crippen LogP) is 8.68. The van der Waals surface area contributed by atoms with Crippen molar-refractivity contribution in [1.29, 1.82) is 0 Å². The summed E-state index contributed by atoms with van der Waals surface area (Å²) in [6, 6.07) is 32.3. The van der Waals surface area contributed by atoms with Crippen LogP contribution < -0.4 is 4.90 Å². The van der Waals surface area contributed by atoms with Crippen molar-refractivity contribution in [3.63, 3.8) is 0 Å². The Morgan fingerprint density at radius 2 is 1.27 bits per heavy atom. The molecule has 0 amide bonds. The second kappa shape index (κ2) is 8.95. The van der Waals surface area contributed by atoms with Crippen LogP contribution in [0.25, 0.3) is 45.1 Å². The van der Waals surface area contributed by atoms with Crippen molar-refractivity contribution in [3.8, 4) is 22.9 Å². The molecule has 7 rings (SSSR count). The minimum Gasteiger partial charge on any atom is -0.436 e. The van der Waals surface area contributed by atoms with E-state index >= 15 is 0 Å². The number of rotatable bonds is 5. The topological polar surface area (TPSA) is 55.3 Å². The van der Waals surface area contributed by atoms with Gasteiger partial charge in [0, 0.05) is 34.3 Å². The summed E-state index contributed by atoms with van der Waals surface area (Å²) in [5, 5.41) is 0. The van der Waals surface area contributed by atoms with Gasteiger partial charge in [0.05, 0.1) is 0 Å². The monoisotopic (exact) mass is 481 g/mol. The molecule has 0 saturated carbocycles. The van der Waals surface area contributed by atoms with Crippen LogP contribution in [0.2, 0.25) is 0 Å². The van der Waals surface area contributed by atoms with Gasteiger partial charge in [-0.3, -0.25) is 0 Å². The lowest BCUT2D eigenvalue weighted by Crippen LogP contribution is -2.16. The zero-order chi connectivity index (χ0) is 24.6. The molecule has 0 saturated heterocycles. The number of benzene rings is 4. The van der Waals surface area contributed by atoms with Gasteiger partial charge in [-0.25, -0.2) is 9.97 Å². The van der Waals surface area contributed by atoms with E-state index in [1.54, 1.807) is 0 Å². The van der Waals surface area contributed by atoms with Gasteiger partial charge in [0.15, 0.2) is 11.2 Å². The molecule has 0 fully saturated rings. The van der Waals surface area contributed by atoms with E-state index in [9.17, 15) is 0 Å². The Hall–Kier alpha value is -4.90. The number of hydrogen-bond donors (Lipinski definition) is 0. The van der Waals surface area contributed by atoms with Gasteiger partial charge in [-0.15, -0.1) is 0 Å². The average molecular weight is 482 g/mol. The minimum absolute atomic E-state index is 0.618. The lowest BCUT2D eigenvalue weighted by Gasteiger charge is -2.27. The normalized spacial score (nSPS) is 13.2. The summed E-state index contributed by atoms with van der Waals surface area (Å²) < 4.78 is 12.2. The molecule has 6 aromatic rings. The summed E-state index contributed by atoms with van der Waals surface area (Å²) in [6.07, 6.45) is 8.73. The fraction of sp³-hybridized carbons (Fsp3) is 0.0625. The maximum atomic E-state index is 6.18. The third-order valence-electron chi connectivity index (χ3n) is 6.55. The molecule has 2 heterocycles. The lowest BCUT2D eigenvalue weighted by atomic mass is 10.1. The fourth-order valence-electron chi connectivity index (χ4n) is 4.72. The second-order valence-electron chi connectivity index (χ2n) is 9.01. The quantitative estimate of drug-likeness (QED) is 0.246. The van der Waals surface area contributed by atoms with E-state index in [-0.39, 0.29) is 0 Å². The Kier molecular flexibility index (Phi) is 5.18. The third kappa shape index (κ3) is 4.00. The summed E-state index contributed by atoms with van der Waals surface area (Å²) in [6.45, 7) is 0. The number of fused-ring (bicyclic) bond motifs is 2. The molecule has 178 valence electrons. The van der Waals surface area contributed by atoms with Crippen LogP contribution in [-0.2, 0) is 0 Å². The Morgan fingerprint density at radius 1 is 0.595 bits per heavy atom. The highest BCUT2D eigenvalue weighted by Crippen LogP contribution is 2.36. The van der Waals surface area contributed by atoms with Gasteiger partial charge in [0.2, 0.25) is 11.8 Å². The number of hydrogen-bond acceptors (Lipinski definition) is 5. The summed E-state index contributed by atoms with van der Waals surface area (Å²) in [7, 11) is 0. The molecule has 0 radical (unpaired) electrons. The molecular weight excluding hydrogens is 458 g/mol. The zero-order valence-corrected chi connectivity index (χ0v) is 20.0. The molecule has 37 heavy (non-hydrogen) atoms. The zero-order valence-electron chi connectivity index (χ0n) is 20.0. The van der Waals surface area contributed by atoms with Crippen LogP contribution in [0, 0.1) is 0 Å². The Morgan fingerprint density at radius 3 is 2.03 bits per heavy atom. The van der Waals surface area contributed by atoms with E-state index in [4.69, 9.17) is 13.8 Å². The van der Waals surface area contributed by atoms with E-state index < -0.39 is 0 Å². The van der Waals surface area contributed by atoms with Crippen molar-refractivity contribution in [3.05, 3.63) is 121 Å². The van der Waals surface area contributed by atoms with Gasteiger partial charge in [-0.2, -0.15) is 0 Å². The molecule has 4 aromatic carbocycles. The van der Waals surface area contributed by atoms with Gasteiger partial charge in [0.25, 0.3) is 0 Å². The van der Waals surface area contributed by atoms with E-state index in [1.807, 2.05) is 60.7 Å². The molecule has 1 aliphatic rings. The number of allylic oxidation sites excluding steroid dienone is 3. The van der Waals surface area contributed by atoms with Crippen LogP contribution in [0.3, 0.4) is 0 Å². The van der Waals surface area contributed by atoms with Gasteiger partial charge >= 0.3 is 0 Å². The largest absolute Gasteiger partial charge is 0.436 e. The summed E-state index contributed by atoms with van der Waals surface area (Å²) in [5.74, 6) is 1.24. The van der Waals surface area contributed by atoms with Crippen molar-refractivity contribution in [1.82, 2.24) is 9.97 Å². The Labute approximate surface area is 214 Å². The van der Waals surface area contributed by atoms with Gasteiger partial charge in [-0.05, 0) is 79.6 Å². The summed E-state index contributed by atoms with van der Waals surface area (Å²) in [5.41, 5.74) is 8.31. The van der Waals surface area contributed by atoms with Crippen molar-refractivity contribution in [2.24, 2.45) is 0 Å². The summed E-state index contributed by atoms with van der Waals surface area (Å²) >= 11 is 0. The number of aromatic nitrogens is 2. The maximum Gasteiger partial charge on any atom is 0.227 e. The molecule has 0 N–H and O–H groups in total. The van der Waals surface area contributed by atoms with Crippen LogP contribution >= 0.6 is 0 Å². The number of oxazole rings is 2. The first-order chi connectivity index (χ1) is 18.3. The molecule has 0 bridgehead atoms. The Bertz CT molecular complexity index is 1740. The van der Waals surface area contributed by atoms with Crippen molar-refractivity contribution in [2.45, 2.75) is 12.8 Å². The average Bonchev–Trinajstić information content (AvgIpc) is 3.59. The predicted molar refractivity (Wildman–Crippen MR) is 147 cm³/mol.